The van der Waals surface area contributed by atoms with Crippen LogP contribution in [0.5, 0.6) is 0 Å². The first-order valence-electron chi connectivity index (χ1n) is 6.75. The SMILES string of the molecule is CCc1nc(-c2ccccc2)c(C)c2ccccc12. The van der Waals surface area contributed by atoms with Crippen molar-refractivity contribution < 1.29 is 0 Å². The van der Waals surface area contributed by atoms with Crippen LogP contribution in [0.25, 0.3) is 22.0 Å². The van der Waals surface area contributed by atoms with E-state index in [1.807, 2.05) is 6.07 Å². The predicted molar refractivity (Wildman–Crippen MR) is 81.3 cm³/mol. The first-order chi connectivity index (χ1) is 9.31. The maximum Gasteiger partial charge on any atom is 0.0740 e. The molecule has 0 amide bonds. The number of aromatic nitrogens is 1. The van der Waals surface area contributed by atoms with Gasteiger partial charge in [-0.2, -0.15) is 0 Å². The molecule has 0 N–H and O–H groups in total. The summed E-state index contributed by atoms with van der Waals surface area (Å²) in [7, 11) is 0. The molecule has 1 aromatic heterocycles. The Hall–Kier alpha value is -2.15. The second kappa shape index (κ2) is 4.85. The Kier molecular flexibility index (Phi) is 3.04. The molecule has 1 nitrogen and oxygen atoms in total. The number of nitrogens with zero attached hydrogens (tertiary/aromatic N) is 1. The fourth-order valence-corrected chi connectivity index (χ4v) is 2.61. The number of fused-ring (bicyclic) bond motifs is 1. The molecule has 0 spiro atoms. The second-order valence-electron chi connectivity index (χ2n) is 4.80. The molecule has 0 saturated carbocycles. The van der Waals surface area contributed by atoms with E-state index in [9.17, 15) is 0 Å². The number of aryl methyl sites for hydroxylation is 2. The summed E-state index contributed by atoms with van der Waals surface area (Å²) in [5.41, 5.74) is 4.75. The summed E-state index contributed by atoms with van der Waals surface area (Å²) >= 11 is 0. The lowest BCUT2D eigenvalue weighted by atomic mass is 9.98. The molecule has 0 unspecified atom stereocenters. The van der Waals surface area contributed by atoms with Crippen LogP contribution >= 0.6 is 0 Å². The highest BCUT2D eigenvalue weighted by Crippen LogP contribution is 2.29. The molecule has 0 bridgehead atoms. The van der Waals surface area contributed by atoms with Crippen molar-refractivity contribution in [2.24, 2.45) is 0 Å². The van der Waals surface area contributed by atoms with E-state index in [-0.39, 0.29) is 0 Å². The minimum absolute atomic E-state index is 0.959. The molecule has 0 radical (unpaired) electrons. The van der Waals surface area contributed by atoms with E-state index in [1.54, 1.807) is 0 Å². The van der Waals surface area contributed by atoms with E-state index in [1.165, 1.54) is 27.6 Å². The molecule has 1 heteroatoms. The van der Waals surface area contributed by atoms with Gasteiger partial charge in [0.2, 0.25) is 0 Å². The number of hydrogen-bond acceptors (Lipinski definition) is 1. The molecule has 0 aliphatic rings. The average Bonchev–Trinajstić information content (AvgIpc) is 2.49. The quantitative estimate of drug-likeness (QED) is 0.635. The molecule has 0 atom stereocenters. The Morgan fingerprint density at radius 3 is 2.16 bits per heavy atom. The van der Waals surface area contributed by atoms with Crippen molar-refractivity contribution in [1.82, 2.24) is 4.98 Å². The normalized spacial score (nSPS) is 10.8. The molecule has 1 heterocycles. The van der Waals surface area contributed by atoms with Crippen LogP contribution in [0.2, 0.25) is 0 Å². The van der Waals surface area contributed by atoms with Gasteiger partial charge >= 0.3 is 0 Å². The third kappa shape index (κ3) is 2.01. The smallest absolute Gasteiger partial charge is 0.0740 e. The van der Waals surface area contributed by atoms with Crippen LogP contribution < -0.4 is 0 Å². The molecular formula is C18H17N. The molecule has 3 aromatic rings. The second-order valence-corrected chi connectivity index (χ2v) is 4.80. The monoisotopic (exact) mass is 247 g/mol. The van der Waals surface area contributed by atoms with Crippen molar-refractivity contribution in [2.45, 2.75) is 20.3 Å². The summed E-state index contributed by atoms with van der Waals surface area (Å²) in [6.07, 6.45) is 0.959. The first-order valence-corrected chi connectivity index (χ1v) is 6.75. The lowest BCUT2D eigenvalue weighted by molar-refractivity contribution is 1.05. The van der Waals surface area contributed by atoms with Gasteiger partial charge in [0.05, 0.1) is 5.69 Å². The van der Waals surface area contributed by atoms with Crippen LogP contribution in [-0.4, -0.2) is 4.98 Å². The summed E-state index contributed by atoms with van der Waals surface area (Å²) in [6, 6.07) is 19.0. The predicted octanol–water partition coefficient (Wildman–Crippen LogP) is 4.77. The zero-order chi connectivity index (χ0) is 13.2. The number of rotatable bonds is 2. The maximum atomic E-state index is 4.89. The summed E-state index contributed by atoms with van der Waals surface area (Å²) < 4.78 is 0. The van der Waals surface area contributed by atoms with Crippen LogP contribution in [0.15, 0.2) is 54.6 Å². The largest absolute Gasteiger partial charge is 0.252 e. The van der Waals surface area contributed by atoms with Gasteiger partial charge in [0.25, 0.3) is 0 Å². The summed E-state index contributed by atoms with van der Waals surface area (Å²) in [5, 5.41) is 2.59. The fraction of sp³-hybridized carbons (Fsp3) is 0.167. The van der Waals surface area contributed by atoms with E-state index in [2.05, 4.69) is 62.4 Å². The van der Waals surface area contributed by atoms with E-state index in [0.29, 0.717) is 0 Å². The topological polar surface area (TPSA) is 12.9 Å². The van der Waals surface area contributed by atoms with Crippen molar-refractivity contribution in [3.05, 3.63) is 65.9 Å². The Balaban J connectivity index is 2.35. The van der Waals surface area contributed by atoms with Gasteiger partial charge in [-0.15, -0.1) is 0 Å². The third-order valence-electron chi connectivity index (χ3n) is 3.63. The van der Waals surface area contributed by atoms with Crippen molar-refractivity contribution in [3.8, 4) is 11.3 Å². The summed E-state index contributed by atoms with van der Waals surface area (Å²) in [4.78, 5) is 4.89. The zero-order valence-corrected chi connectivity index (χ0v) is 11.4. The Morgan fingerprint density at radius 2 is 1.47 bits per heavy atom. The van der Waals surface area contributed by atoms with Gasteiger partial charge in [0.15, 0.2) is 0 Å². The fourth-order valence-electron chi connectivity index (χ4n) is 2.61. The molecule has 0 aliphatic carbocycles. The Morgan fingerprint density at radius 1 is 0.842 bits per heavy atom. The lowest BCUT2D eigenvalue weighted by Crippen LogP contribution is -1.97. The van der Waals surface area contributed by atoms with Crippen LogP contribution in [0, 0.1) is 6.92 Å². The van der Waals surface area contributed by atoms with E-state index >= 15 is 0 Å². The van der Waals surface area contributed by atoms with Gasteiger partial charge < -0.3 is 0 Å². The maximum absolute atomic E-state index is 4.89. The molecule has 2 aromatic carbocycles. The highest BCUT2D eigenvalue weighted by molar-refractivity contribution is 5.91. The van der Waals surface area contributed by atoms with E-state index in [4.69, 9.17) is 4.98 Å². The van der Waals surface area contributed by atoms with Crippen LogP contribution in [0.3, 0.4) is 0 Å². The third-order valence-corrected chi connectivity index (χ3v) is 3.63. The average molecular weight is 247 g/mol. The van der Waals surface area contributed by atoms with Gasteiger partial charge in [-0.05, 0) is 24.3 Å². The van der Waals surface area contributed by atoms with Crippen molar-refractivity contribution >= 4 is 10.8 Å². The van der Waals surface area contributed by atoms with Gasteiger partial charge in [-0.3, -0.25) is 4.98 Å². The van der Waals surface area contributed by atoms with E-state index < -0.39 is 0 Å². The van der Waals surface area contributed by atoms with E-state index in [0.717, 1.165) is 12.1 Å². The van der Waals surface area contributed by atoms with Crippen molar-refractivity contribution in [2.75, 3.05) is 0 Å². The number of hydrogen-bond donors (Lipinski definition) is 0. The van der Waals surface area contributed by atoms with Gasteiger partial charge in [0, 0.05) is 16.6 Å². The molecule has 19 heavy (non-hydrogen) atoms. The minimum atomic E-state index is 0.959. The van der Waals surface area contributed by atoms with Crippen LogP contribution in [0.4, 0.5) is 0 Å². The van der Waals surface area contributed by atoms with Crippen molar-refractivity contribution in [1.29, 1.82) is 0 Å². The van der Waals surface area contributed by atoms with Crippen molar-refractivity contribution in [3.63, 3.8) is 0 Å². The molecule has 0 aliphatic heterocycles. The lowest BCUT2D eigenvalue weighted by Gasteiger charge is -2.12. The Labute approximate surface area is 113 Å². The molecular weight excluding hydrogens is 230 g/mol. The molecule has 94 valence electrons. The standard InChI is InChI=1S/C18H17N/c1-3-17-16-12-8-7-11-15(16)13(2)18(19-17)14-9-5-4-6-10-14/h4-12H,3H2,1-2H3. The Bertz CT molecular complexity index is 714. The molecule has 0 saturated heterocycles. The highest BCUT2D eigenvalue weighted by atomic mass is 14.7. The number of pyridine rings is 1. The van der Waals surface area contributed by atoms with Gasteiger partial charge in [-0.25, -0.2) is 0 Å². The first kappa shape index (κ1) is 11.9. The molecule has 3 rings (SSSR count). The summed E-state index contributed by atoms with van der Waals surface area (Å²) in [5.74, 6) is 0. The van der Waals surface area contributed by atoms with Crippen LogP contribution in [-0.2, 0) is 6.42 Å². The summed E-state index contributed by atoms with van der Waals surface area (Å²) in [6.45, 7) is 4.33. The minimum Gasteiger partial charge on any atom is -0.252 e. The molecule has 0 fully saturated rings. The highest BCUT2D eigenvalue weighted by Gasteiger charge is 2.10. The zero-order valence-electron chi connectivity index (χ0n) is 11.4. The van der Waals surface area contributed by atoms with Crippen LogP contribution in [0.1, 0.15) is 18.2 Å². The number of benzene rings is 2. The van der Waals surface area contributed by atoms with Gasteiger partial charge in [0.1, 0.15) is 0 Å². The van der Waals surface area contributed by atoms with Gasteiger partial charge in [-0.1, -0.05) is 61.5 Å².